The van der Waals surface area contributed by atoms with Crippen molar-refractivity contribution in [3.8, 4) is 0 Å². The monoisotopic (exact) mass is 441 g/mol. The van der Waals surface area contributed by atoms with Crippen LogP contribution in [0.4, 0.5) is 0 Å². The predicted octanol–water partition coefficient (Wildman–Crippen LogP) is 3.71. The molecule has 7 heteroatoms. The van der Waals surface area contributed by atoms with Gasteiger partial charge in [-0.05, 0) is 49.6 Å². The van der Waals surface area contributed by atoms with Crippen molar-refractivity contribution in [2.24, 2.45) is 0 Å². The van der Waals surface area contributed by atoms with Crippen molar-refractivity contribution < 1.29 is 4.79 Å². The molecule has 3 aromatic rings. The van der Waals surface area contributed by atoms with Gasteiger partial charge in [-0.3, -0.25) is 18.7 Å². The Morgan fingerprint density at radius 1 is 1.00 bits per heavy atom. The number of carbonyl (C=O) groups is 1. The third-order valence-corrected chi connectivity index (χ3v) is 5.73. The number of carbonyl (C=O) groups excluding carboxylic acids is 1. The number of likely N-dealkylation sites (N-methyl/N-ethyl adjacent to an activating group) is 1. The van der Waals surface area contributed by atoms with E-state index in [9.17, 15) is 14.4 Å². The normalized spacial score (nSPS) is 11.1. The number of aromatic nitrogens is 2. The number of amides is 1. The van der Waals surface area contributed by atoms with Gasteiger partial charge in [0, 0.05) is 24.7 Å². The number of unbranched alkanes of at least 4 members (excludes halogenated alkanes) is 1. The Labute approximate surface area is 186 Å². The van der Waals surface area contributed by atoms with Gasteiger partial charge in [0.1, 0.15) is 6.54 Å². The third-order valence-electron chi connectivity index (χ3n) is 5.48. The first kappa shape index (κ1) is 22.8. The molecule has 0 aliphatic carbocycles. The summed E-state index contributed by atoms with van der Waals surface area (Å²) in [5, 5.41) is 1.07. The number of nitrogens with zero attached hydrogens (tertiary/aromatic N) is 3. The minimum Gasteiger partial charge on any atom is -0.341 e. The summed E-state index contributed by atoms with van der Waals surface area (Å²) >= 11 is 5.94. The molecule has 0 unspecified atom stereocenters. The smallest absolute Gasteiger partial charge is 0.331 e. The fraction of sp³-hybridized carbons (Fsp3) is 0.375. The second-order valence-electron chi connectivity index (χ2n) is 7.55. The number of rotatable bonds is 9. The van der Waals surface area contributed by atoms with Crippen LogP contribution in [0.1, 0.15) is 32.3 Å². The van der Waals surface area contributed by atoms with Crippen LogP contribution in [0.5, 0.6) is 0 Å². The Morgan fingerprint density at radius 3 is 2.39 bits per heavy atom. The molecule has 2 aromatic carbocycles. The second-order valence-corrected chi connectivity index (χ2v) is 7.98. The Kier molecular flexibility index (Phi) is 7.69. The van der Waals surface area contributed by atoms with Crippen molar-refractivity contribution in [3.05, 3.63) is 80.0 Å². The number of hydrogen-bond acceptors (Lipinski definition) is 3. The summed E-state index contributed by atoms with van der Waals surface area (Å²) in [6.07, 6.45) is 2.41. The molecule has 3 rings (SSSR count). The molecule has 6 nitrogen and oxygen atoms in total. The van der Waals surface area contributed by atoms with E-state index in [-0.39, 0.29) is 24.6 Å². The molecule has 0 radical (unpaired) electrons. The number of fused-ring (bicyclic) bond motifs is 1. The summed E-state index contributed by atoms with van der Waals surface area (Å²) in [6.45, 7) is 5.40. The summed E-state index contributed by atoms with van der Waals surface area (Å²) < 4.78 is 2.65. The van der Waals surface area contributed by atoms with Gasteiger partial charge in [0.15, 0.2) is 0 Å². The highest BCUT2D eigenvalue weighted by Gasteiger charge is 2.18. The van der Waals surface area contributed by atoms with E-state index in [4.69, 9.17) is 11.6 Å². The zero-order valence-electron chi connectivity index (χ0n) is 18.0. The van der Waals surface area contributed by atoms with Gasteiger partial charge in [-0.2, -0.15) is 0 Å². The number of hydrogen-bond donors (Lipinski definition) is 0. The molecular formula is C24H28ClN3O3. The van der Waals surface area contributed by atoms with Gasteiger partial charge in [0.05, 0.1) is 10.9 Å². The van der Waals surface area contributed by atoms with Crippen LogP contribution in [0, 0.1) is 0 Å². The molecule has 0 atom stereocenters. The molecule has 0 fully saturated rings. The lowest BCUT2D eigenvalue weighted by atomic mass is 10.1. The van der Waals surface area contributed by atoms with Gasteiger partial charge in [0.25, 0.3) is 5.56 Å². The quantitative estimate of drug-likeness (QED) is 0.508. The highest BCUT2D eigenvalue weighted by molar-refractivity contribution is 6.30. The standard InChI is InChI=1S/C24H28ClN3O3/c1-3-5-15-26(4-2)22(29)17-28-21-9-7-6-8-20(21)23(30)27(24(28)31)16-14-18-10-12-19(25)13-11-18/h6-13H,3-5,14-17H2,1-2H3. The SMILES string of the molecule is CCCCN(CC)C(=O)Cn1c(=O)n(CCc2ccc(Cl)cc2)c(=O)c2ccccc21. The highest BCUT2D eigenvalue weighted by atomic mass is 35.5. The van der Waals surface area contributed by atoms with Crippen LogP contribution in [0.15, 0.2) is 58.1 Å². The molecule has 1 amide bonds. The molecule has 0 aliphatic rings. The Morgan fingerprint density at radius 2 is 1.71 bits per heavy atom. The fourth-order valence-electron chi connectivity index (χ4n) is 3.66. The number of aryl methyl sites for hydroxylation is 1. The number of para-hydroxylation sites is 1. The minimum atomic E-state index is -0.461. The van der Waals surface area contributed by atoms with Crippen LogP contribution in [-0.2, 0) is 24.3 Å². The summed E-state index contributed by atoms with van der Waals surface area (Å²) in [5.41, 5.74) is 0.664. The summed E-state index contributed by atoms with van der Waals surface area (Å²) in [5.74, 6) is -0.119. The highest BCUT2D eigenvalue weighted by Crippen LogP contribution is 2.11. The summed E-state index contributed by atoms with van der Waals surface area (Å²) in [4.78, 5) is 41.0. The second kappa shape index (κ2) is 10.4. The van der Waals surface area contributed by atoms with Crippen molar-refractivity contribution in [2.45, 2.75) is 46.2 Å². The first-order valence-electron chi connectivity index (χ1n) is 10.7. The largest absolute Gasteiger partial charge is 0.341 e. The Bertz CT molecular complexity index is 1170. The Hall–Kier alpha value is -2.86. The molecule has 0 saturated heterocycles. The van der Waals surface area contributed by atoms with Crippen LogP contribution < -0.4 is 11.2 Å². The average molecular weight is 442 g/mol. The molecule has 0 spiro atoms. The maximum Gasteiger partial charge on any atom is 0.331 e. The average Bonchev–Trinajstić information content (AvgIpc) is 2.78. The van der Waals surface area contributed by atoms with E-state index < -0.39 is 5.69 Å². The van der Waals surface area contributed by atoms with Gasteiger partial charge < -0.3 is 4.90 Å². The van der Waals surface area contributed by atoms with Crippen LogP contribution in [0.25, 0.3) is 10.9 Å². The number of benzene rings is 2. The van der Waals surface area contributed by atoms with Crippen molar-refractivity contribution >= 4 is 28.4 Å². The first-order valence-corrected chi connectivity index (χ1v) is 11.1. The molecule has 0 aliphatic heterocycles. The third kappa shape index (κ3) is 5.25. The van der Waals surface area contributed by atoms with E-state index in [2.05, 4.69) is 6.92 Å². The molecule has 0 N–H and O–H groups in total. The summed E-state index contributed by atoms with van der Waals surface area (Å²) in [6, 6.07) is 14.3. The maximum atomic E-state index is 13.3. The van der Waals surface area contributed by atoms with E-state index in [1.807, 2.05) is 19.1 Å². The molecule has 0 saturated carbocycles. The van der Waals surface area contributed by atoms with Crippen LogP contribution >= 0.6 is 11.6 Å². The Balaban J connectivity index is 1.98. The van der Waals surface area contributed by atoms with Crippen LogP contribution in [0.2, 0.25) is 5.02 Å². The molecular weight excluding hydrogens is 414 g/mol. The fourth-order valence-corrected chi connectivity index (χ4v) is 3.78. The molecule has 1 aromatic heterocycles. The van der Waals surface area contributed by atoms with Gasteiger partial charge in [-0.15, -0.1) is 0 Å². The van der Waals surface area contributed by atoms with Crippen molar-refractivity contribution in [1.29, 1.82) is 0 Å². The van der Waals surface area contributed by atoms with E-state index in [1.165, 1.54) is 9.13 Å². The predicted molar refractivity (Wildman–Crippen MR) is 125 cm³/mol. The van der Waals surface area contributed by atoms with Crippen molar-refractivity contribution in [2.75, 3.05) is 13.1 Å². The van der Waals surface area contributed by atoms with Gasteiger partial charge in [0.2, 0.25) is 5.91 Å². The van der Waals surface area contributed by atoms with Gasteiger partial charge >= 0.3 is 5.69 Å². The van der Waals surface area contributed by atoms with Crippen LogP contribution in [-0.4, -0.2) is 33.0 Å². The van der Waals surface area contributed by atoms with Crippen molar-refractivity contribution in [3.63, 3.8) is 0 Å². The molecule has 1 heterocycles. The molecule has 31 heavy (non-hydrogen) atoms. The summed E-state index contributed by atoms with van der Waals surface area (Å²) in [7, 11) is 0. The molecule has 164 valence electrons. The van der Waals surface area contributed by atoms with Crippen LogP contribution in [0.3, 0.4) is 0 Å². The van der Waals surface area contributed by atoms with Crippen molar-refractivity contribution in [1.82, 2.24) is 14.0 Å². The first-order chi connectivity index (χ1) is 15.0. The van der Waals surface area contributed by atoms with Gasteiger partial charge in [-0.1, -0.05) is 49.2 Å². The lowest BCUT2D eigenvalue weighted by molar-refractivity contribution is -0.131. The van der Waals surface area contributed by atoms with E-state index in [1.54, 1.807) is 41.3 Å². The lowest BCUT2D eigenvalue weighted by Gasteiger charge is -2.22. The molecule has 0 bridgehead atoms. The zero-order chi connectivity index (χ0) is 22.4. The van der Waals surface area contributed by atoms with Gasteiger partial charge in [-0.25, -0.2) is 4.79 Å². The van der Waals surface area contributed by atoms with E-state index >= 15 is 0 Å². The van der Waals surface area contributed by atoms with E-state index in [0.29, 0.717) is 35.4 Å². The zero-order valence-corrected chi connectivity index (χ0v) is 18.8. The lowest BCUT2D eigenvalue weighted by Crippen LogP contribution is -2.44. The maximum absolute atomic E-state index is 13.3. The topological polar surface area (TPSA) is 64.3 Å². The number of halogens is 1. The minimum absolute atomic E-state index is 0.0852. The van der Waals surface area contributed by atoms with E-state index in [0.717, 1.165) is 18.4 Å².